The summed E-state index contributed by atoms with van der Waals surface area (Å²) in [5.74, 6) is -0.0470. The average Bonchev–Trinajstić information content (AvgIpc) is 2.47. The molecule has 0 aliphatic heterocycles. The minimum Gasteiger partial charge on any atom is -0.373 e. The van der Waals surface area contributed by atoms with Crippen LogP contribution in [0.4, 0.5) is 11.4 Å². The molecule has 0 spiro atoms. The van der Waals surface area contributed by atoms with E-state index in [1.54, 1.807) is 6.07 Å². The van der Waals surface area contributed by atoms with Crippen molar-refractivity contribution in [1.29, 1.82) is 0 Å². The molecule has 1 N–H and O–H groups in total. The van der Waals surface area contributed by atoms with E-state index in [1.807, 2.05) is 49.5 Å². The lowest BCUT2D eigenvalue weighted by Gasteiger charge is -2.20. The Morgan fingerprint density at radius 2 is 1.95 bits per heavy atom. The van der Waals surface area contributed by atoms with Crippen molar-refractivity contribution in [2.45, 2.75) is 13.3 Å². The largest absolute Gasteiger partial charge is 0.373 e. The highest BCUT2D eigenvalue weighted by molar-refractivity contribution is 6.30. The molecule has 0 heterocycles. The Hall–Kier alpha value is -2.00. The van der Waals surface area contributed by atoms with Gasteiger partial charge in [-0.05, 0) is 36.8 Å². The van der Waals surface area contributed by atoms with E-state index < -0.39 is 0 Å². The van der Waals surface area contributed by atoms with Gasteiger partial charge in [0, 0.05) is 18.6 Å². The van der Waals surface area contributed by atoms with E-state index in [1.165, 1.54) is 0 Å². The molecule has 0 unspecified atom stereocenters. The molecule has 2 rings (SSSR count). The van der Waals surface area contributed by atoms with E-state index in [0.717, 1.165) is 23.5 Å². The molecule has 0 radical (unpaired) electrons. The van der Waals surface area contributed by atoms with Gasteiger partial charge in [0.25, 0.3) is 0 Å². The Labute approximate surface area is 130 Å². The monoisotopic (exact) mass is 302 g/mol. The molecular weight excluding hydrogens is 284 g/mol. The Bertz CT molecular complexity index is 628. The summed E-state index contributed by atoms with van der Waals surface area (Å²) in [5, 5.41) is 3.61. The van der Waals surface area contributed by atoms with Crippen LogP contribution in [0.15, 0.2) is 48.5 Å². The second-order valence-corrected chi connectivity index (χ2v) is 5.32. The standard InChI is InChI=1S/C17H19ClN2O/c1-3-20(2)16-10-5-4-9-15(16)19-17(21)12-13-7-6-8-14(18)11-13/h4-11H,3,12H2,1-2H3,(H,19,21). The number of amides is 1. The molecular formula is C17H19ClN2O. The lowest BCUT2D eigenvalue weighted by molar-refractivity contribution is -0.115. The highest BCUT2D eigenvalue weighted by atomic mass is 35.5. The van der Waals surface area contributed by atoms with Crippen LogP contribution < -0.4 is 10.2 Å². The van der Waals surface area contributed by atoms with Gasteiger partial charge in [0.1, 0.15) is 0 Å². The van der Waals surface area contributed by atoms with Gasteiger partial charge in [0.15, 0.2) is 0 Å². The molecule has 0 saturated carbocycles. The van der Waals surface area contributed by atoms with Crippen molar-refractivity contribution < 1.29 is 4.79 Å². The third kappa shape index (κ3) is 4.23. The quantitative estimate of drug-likeness (QED) is 0.906. The van der Waals surface area contributed by atoms with Gasteiger partial charge < -0.3 is 10.2 Å². The summed E-state index contributed by atoms with van der Waals surface area (Å²) >= 11 is 5.94. The van der Waals surface area contributed by atoms with Gasteiger partial charge in [-0.3, -0.25) is 4.79 Å². The van der Waals surface area contributed by atoms with Crippen LogP contribution in [0, 0.1) is 0 Å². The van der Waals surface area contributed by atoms with Gasteiger partial charge in [-0.25, -0.2) is 0 Å². The fourth-order valence-corrected chi connectivity index (χ4v) is 2.32. The third-order valence-corrected chi connectivity index (χ3v) is 3.55. The summed E-state index contributed by atoms with van der Waals surface area (Å²) in [6.07, 6.45) is 0.310. The fourth-order valence-electron chi connectivity index (χ4n) is 2.11. The number of carbonyl (C=O) groups is 1. The van der Waals surface area contributed by atoms with E-state index in [9.17, 15) is 4.79 Å². The van der Waals surface area contributed by atoms with E-state index >= 15 is 0 Å². The van der Waals surface area contributed by atoms with Gasteiger partial charge >= 0.3 is 0 Å². The number of nitrogens with one attached hydrogen (secondary N) is 1. The Kier molecular flexibility index (Phi) is 5.23. The van der Waals surface area contributed by atoms with E-state index in [2.05, 4.69) is 17.1 Å². The van der Waals surface area contributed by atoms with Gasteiger partial charge in [0.2, 0.25) is 5.91 Å². The average molecular weight is 303 g/mol. The molecule has 0 aliphatic rings. The smallest absolute Gasteiger partial charge is 0.228 e. The zero-order valence-electron chi connectivity index (χ0n) is 12.3. The molecule has 0 aromatic heterocycles. The number of rotatable bonds is 5. The first-order valence-corrected chi connectivity index (χ1v) is 7.32. The molecule has 3 nitrogen and oxygen atoms in total. The molecule has 4 heteroatoms. The second-order valence-electron chi connectivity index (χ2n) is 4.89. The van der Waals surface area contributed by atoms with Crippen LogP contribution in [-0.2, 0) is 11.2 Å². The highest BCUT2D eigenvalue weighted by Crippen LogP contribution is 2.24. The number of hydrogen-bond acceptors (Lipinski definition) is 2. The van der Waals surface area contributed by atoms with Crippen LogP contribution in [0.2, 0.25) is 5.02 Å². The third-order valence-electron chi connectivity index (χ3n) is 3.32. The number of anilines is 2. The van der Waals surface area contributed by atoms with E-state index in [4.69, 9.17) is 11.6 Å². The Balaban J connectivity index is 2.09. The topological polar surface area (TPSA) is 32.3 Å². The van der Waals surface area contributed by atoms with E-state index in [0.29, 0.717) is 11.4 Å². The van der Waals surface area contributed by atoms with Crippen molar-refractivity contribution in [3.8, 4) is 0 Å². The second kappa shape index (κ2) is 7.14. The molecule has 0 saturated heterocycles. The van der Waals surface area contributed by atoms with Crippen molar-refractivity contribution in [2.75, 3.05) is 23.8 Å². The molecule has 0 bridgehead atoms. The van der Waals surface area contributed by atoms with Crippen LogP contribution in [0.3, 0.4) is 0 Å². The molecule has 21 heavy (non-hydrogen) atoms. The zero-order chi connectivity index (χ0) is 15.2. The number of hydrogen-bond donors (Lipinski definition) is 1. The summed E-state index contributed by atoms with van der Waals surface area (Å²) in [6.45, 7) is 2.95. The van der Waals surface area contributed by atoms with Gasteiger partial charge in [-0.15, -0.1) is 0 Å². The van der Waals surface area contributed by atoms with Crippen LogP contribution >= 0.6 is 11.6 Å². The fraction of sp³-hybridized carbons (Fsp3) is 0.235. The summed E-state index contributed by atoms with van der Waals surface area (Å²) in [5.41, 5.74) is 2.75. The predicted molar refractivity (Wildman–Crippen MR) is 89.2 cm³/mol. The molecule has 110 valence electrons. The molecule has 0 atom stereocenters. The summed E-state index contributed by atoms with van der Waals surface area (Å²) in [6, 6.07) is 15.2. The van der Waals surface area contributed by atoms with E-state index in [-0.39, 0.29) is 5.91 Å². The maximum atomic E-state index is 12.2. The Morgan fingerprint density at radius 3 is 2.67 bits per heavy atom. The molecule has 0 fully saturated rings. The van der Waals surface area contributed by atoms with Crippen LogP contribution in [0.5, 0.6) is 0 Å². The highest BCUT2D eigenvalue weighted by Gasteiger charge is 2.09. The zero-order valence-corrected chi connectivity index (χ0v) is 13.0. The maximum Gasteiger partial charge on any atom is 0.228 e. The summed E-state index contributed by atoms with van der Waals surface area (Å²) in [7, 11) is 2.00. The molecule has 2 aromatic rings. The number of nitrogens with zero attached hydrogens (tertiary/aromatic N) is 1. The van der Waals surface area contributed by atoms with Crippen molar-refractivity contribution in [1.82, 2.24) is 0 Å². The lowest BCUT2D eigenvalue weighted by atomic mass is 10.1. The number of benzene rings is 2. The maximum absolute atomic E-state index is 12.2. The first-order valence-electron chi connectivity index (χ1n) is 6.94. The number of para-hydroxylation sites is 2. The molecule has 0 aliphatic carbocycles. The van der Waals surface area contributed by atoms with Gasteiger partial charge in [-0.2, -0.15) is 0 Å². The lowest BCUT2D eigenvalue weighted by Crippen LogP contribution is -2.20. The van der Waals surface area contributed by atoms with Crippen molar-refractivity contribution in [3.05, 3.63) is 59.1 Å². The predicted octanol–water partition coefficient (Wildman–Crippen LogP) is 3.98. The van der Waals surface area contributed by atoms with Crippen molar-refractivity contribution >= 4 is 28.9 Å². The van der Waals surface area contributed by atoms with Crippen LogP contribution in [0.25, 0.3) is 0 Å². The first-order chi connectivity index (χ1) is 10.1. The SMILES string of the molecule is CCN(C)c1ccccc1NC(=O)Cc1cccc(Cl)c1. The molecule has 2 aromatic carbocycles. The van der Waals surface area contributed by atoms with Crippen molar-refractivity contribution in [3.63, 3.8) is 0 Å². The Morgan fingerprint density at radius 1 is 1.19 bits per heavy atom. The minimum atomic E-state index is -0.0470. The normalized spacial score (nSPS) is 10.2. The van der Waals surface area contributed by atoms with Crippen molar-refractivity contribution in [2.24, 2.45) is 0 Å². The number of halogens is 1. The minimum absolute atomic E-state index is 0.0470. The summed E-state index contributed by atoms with van der Waals surface area (Å²) < 4.78 is 0. The number of carbonyl (C=O) groups excluding carboxylic acids is 1. The van der Waals surface area contributed by atoms with Gasteiger partial charge in [0.05, 0.1) is 17.8 Å². The van der Waals surface area contributed by atoms with Gasteiger partial charge in [-0.1, -0.05) is 35.9 Å². The first kappa shape index (κ1) is 15.4. The summed E-state index contributed by atoms with van der Waals surface area (Å²) in [4.78, 5) is 14.3. The van der Waals surface area contributed by atoms with Crippen LogP contribution in [-0.4, -0.2) is 19.5 Å². The van der Waals surface area contributed by atoms with Crippen LogP contribution in [0.1, 0.15) is 12.5 Å². The molecule has 1 amide bonds.